The summed E-state index contributed by atoms with van der Waals surface area (Å²) in [5.41, 5.74) is 7.30. The fourth-order valence-corrected chi connectivity index (χ4v) is 2.14. The largest absolute Gasteiger partial charge is 0.496 e. The van der Waals surface area contributed by atoms with Crippen molar-refractivity contribution in [1.29, 1.82) is 0 Å². The first-order valence-electron chi connectivity index (χ1n) is 5.75. The van der Waals surface area contributed by atoms with Crippen LogP contribution in [0, 0.1) is 0 Å². The molecule has 1 fully saturated rings. The average Bonchev–Trinajstić information content (AvgIpc) is 3.10. The molecule has 0 bridgehead atoms. The van der Waals surface area contributed by atoms with E-state index in [1.165, 1.54) is 18.4 Å². The molecule has 3 heteroatoms. The normalized spacial score (nSPS) is 17.5. The van der Waals surface area contributed by atoms with Crippen LogP contribution in [0.15, 0.2) is 24.3 Å². The number of hydrogen-bond acceptors (Lipinski definition) is 3. The van der Waals surface area contributed by atoms with E-state index in [0.29, 0.717) is 0 Å². The summed E-state index contributed by atoms with van der Waals surface area (Å²) in [7, 11) is 3.86. The molecule has 0 aromatic heterocycles. The molecule has 1 aromatic rings. The average molecular weight is 220 g/mol. The molecule has 1 aromatic carbocycles. The highest BCUT2D eigenvalue weighted by Crippen LogP contribution is 2.40. The van der Waals surface area contributed by atoms with Crippen LogP contribution in [-0.2, 0) is 6.54 Å². The van der Waals surface area contributed by atoms with Crippen molar-refractivity contribution in [3.05, 3.63) is 29.8 Å². The molecule has 0 atom stereocenters. The van der Waals surface area contributed by atoms with Crippen molar-refractivity contribution in [3.63, 3.8) is 0 Å². The van der Waals surface area contributed by atoms with E-state index in [0.717, 1.165) is 18.8 Å². The highest BCUT2D eigenvalue weighted by molar-refractivity contribution is 5.33. The van der Waals surface area contributed by atoms with Gasteiger partial charge in [-0.2, -0.15) is 0 Å². The van der Waals surface area contributed by atoms with Crippen molar-refractivity contribution in [2.24, 2.45) is 5.73 Å². The fourth-order valence-electron chi connectivity index (χ4n) is 2.14. The molecule has 0 saturated heterocycles. The van der Waals surface area contributed by atoms with Gasteiger partial charge in [0.1, 0.15) is 5.75 Å². The Kier molecular flexibility index (Phi) is 3.17. The second-order valence-electron chi connectivity index (χ2n) is 4.60. The molecular formula is C13H20N2O. The SMILES string of the molecule is COc1ccccc1CN(C)C1(CN)CC1. The summed E-state index contributed by atoms with van der Waals surface area (Å²) < 4.78 is 5.36. The lowest BCUT2D eigenvalue weighted by Gasteiger charge is -2.27. The zero-order valence-corrected chi connectivity index (χ0v) is 10.1. The molecule has 1 aliphatic carbocycles. The van der Waals surface area contributed by atoms with Gasteiger partial charge >= 0.3 is 0 Å². The third-order valence-corrected chi connectivity index (χ3v) is 3.62. The van der Waals surface area contributed by atoms with E-state index in [-0.39, 0.29) is 5.54 Å². The van der Waals surface area contributed by atoms with Crippen LogP contribution in [-0.4, -0.2) is 31.1 Å². The summed E-state index contributed by atoms with van der Waals surface area (Å²) in [6, 6.07) is 8.17. The van der Waals surface area contributed by atoms with Crippen molar-refractivity contribution in [3.8, 4) is 5.75 Å². The fraction of sp³-hybridized carbons (Fsp3) is 0.538. The lowest BCUT2D eigenvalue weighted by atomic mass is 10.1. The molecule has 88 valence electrons. The molecule has 0 heterocycles. The first-order valence-corrected chi connectivity index (χ1v) is 5.75. The molecule has 16 heavy (non-hydrogen) atoms. The van der Waals surface area contributed by atoms with Crippen LogP contribution in [0.5, 0.6) is 5.75 Å². The van der Waals surface area contributed by atoms with Gasteiger partial charge in [-0.25, -0.2) is 0 Å². The summed E-state index contributed by atoms with van der Waals surface area (Å²) in [6.07, 6.45) is 2.43. The van der Waals surface area contributed by atoms with Crippen molar-refractivity contribution in [1.82, 2.24) is 4.90 Å². The number of nitrogens with two attached hydrogens (primary N) is 1. The van der Waals surface area contributed by atoms with E-state index in [1.54, 1.807) is 7.11 Å². The first-order chi connectivity index (χ1) is 7.72. The zero-order chi connectivity index (χ0) is 11.6. The predicted octanol–water partition coefficient (Wildman–Crippen LogP) is 1.62. The maximum atomic E-state index is 5.82. The summed E-state index contributed by atoms with van der Waals surface area (Å²) in [4.78, 5) is 2.35. The lowest BCUT2D eigenvalue weighted by Crippen LogP contribution is -2.39. The number of rotatable bonds is 5. The Morgan fingerprint density at radius 3 is 2.62 bits per heavy atom. The molecule has 3 nitrogen and oxygen atoms in total. The van der Waals surface area contributed by atoms with Gasteiger partial charge < -0.3 is 10.5 Å². The standard InChI is InChI=1S/C13H20N2O/c1-15(13(10-14)7-8-13)9-11-5-3-4-6-12(11)16-2/h3-6H,7-10,14H2,1-2H3. The van der Waals surface area contributed by atoms with Crippen LogP contribution in [0.4, 0.5) is 0 Å². The maximum absolute atomic E-state index is 5.82. The van der Waals surface area contributed by atoms with Crippen LogP contribution in [0.3, 0.4) is 0 Å². The molecule has 0 radical (unpaired) electrons. The van der Waals surface area contributed by atoms with E-state index in [4.69, 9.17) is 10.5 Å². The second-order valence-corrected chi connectivity index (χ2v) is 4.60. The predicted molar refractivity (Wildman–Crippen MR) is 65.5 cm³/mol. The molecular weight excluding hydrogens is 200 g/mol. The summed E-state index contributed by atoms with van der Waals surface area (Å²) in [6.45, 7) is 1.65. The van der Waals surface area contributed by atoms with Gasteiger partial charge in [-0.3, -0.25) is 4.90 Å². The van der Waals surface area contributed by atoms with Crippen molar-refractivity contribution < 1.29 is 4.74 Å². The zero-order valence-electron chi connectivity index (χ0n) is 10.1. The Morgan fingerprint density at radius 1 is 1.38 bits per heavy atom. The van der Waals surface area contributed by atoms with E-state index in [1.807, 2.05) is 18.2 Å². The van der Waals surface area contributed by atoms with Gasteiger partial charge in [0.25, 0.3) is 0 Å². The Balaban J connectivity index is 2.09. The molecule has 0 unspecified atom stereocenters. The van der Waals surface area contributed by atoms with Gasteiger partial charge in [-0.1, -0.05) is 18.2 Å². The summed E-state index contributed by atoms with van der Waals surface area (Å²) >= 11 is 0. The van der Waals surface area contributed by atoms with Crippen LogP contribution in [0.2, 0.25) is 0 Å². The maximum Gasteiger partial charge on any atom is 0.123 e. The minimum atomic E-state index is 0.251. The van der Waals surface area contributed by atoms with E-state index < -0.39 is 0 Å². The third-order valence-electron chi connectivity index (χ3n) is 3.62. The number of likely N-dealkylation sites (N-methyl/N-ethyl adjacent to an activating group) is 1. The third kappa shape index (κ3) is 2.06. The Bertz CT molecular complexity index is 361. The minimum absolute atomic E-state index is 0.251. The highest BCUT2D eigenvalue weighted by atomic mass is 16.5. The van der Waals surface area contributed by atoms with Crippen LogP contribution in [0.25, 0.3) is 0 Å². The smallest absolute Gasteiger partial charge is 0.123 e. The van der Waals surface area contributed by atoms with Gasteiger partial charge in [0.2, 0.25) is 0 Å². The number of ether oxygens (including phenoxy) is 1. The number of benzene rings is 1. The van der Waals surface area contributed by atoms with Gasteiger partial charge in [-0.15, -0.1) is 0 Å². The highest BCUT2D eigenvalue weighted by Gasteiger charge is 2.44. The first kappa shape index (κ1) is 11.4. The Labute approximate surface area is 97.2 Å². The summed E-state index contributed by atoms with van der Waals surface area (Å²) in [5.74, 6) is 0.960. The van der Waals surface area contributed by atoms with Crippen molar-refractivity contribution in [2.45, 2.75) is 24.9 Å². The van der Waals surface area contributed by atoms with Gasteiger partial charge in [-0.05, 0) is 26.0 Å². The molecule has 0 aliphatic heterocycles. The van der Waals surface area contributed by atoms with Crippen molar-refractivity contribution in [2.75, 3.05) is 20.7 Å². The Hall–Kier alpha value is -1.06. The molecule has 2 rings (SSSR count). The van der Waals surface area contributed by atoms with E-state index in [2.05, 4.69) is 18.0 Å². The number of nitrogens with zero attached hydrogens (tertiary/aromatic N) is 1. The van der Waals surface area contributed by atoms with E-state index in [9.17, 15) is 0 Å². The van der Waals surface area contributed by atoms with Crippen LogP contribution < -0.4 is 10.5 Å². The Morgan fingerprint density at radius 2 is 2.06 bits per heavy atom. The molecule has 0 spiro atoms. The van der Waals surface area contributed by atoms with Crippen LogP contribution in [0.1, 0.15) is 18.4 Å². The van der Waals surface area contributed by atoms with Gasteiger partial charge in [0.15, 0.2) is 0 Å². The molecule has 1 aliphatic rings. The summed E-state index contributed by atoms with van der Waals surface area (Å²) in [5, 5.41) is 0. The topological polar surface area (TPSA) is 38.5 Å². The monoisotopic (exact) mass is 220 g/mol. The van der Waals surface area contributed by atoms with Crippen LogP contribution >= 0.6 is 0 Å². The quantitative estimate of drug-likeness (QED) is 0.819. The second kappa shape index (κ2) is 4.44. The van der Waals surface area contributed by atoms with E-state index >= 15 is 0 Å². The molecule has 1 saturated carbocycles. The molecule has 0 amide bonds. The van der Waals surface area contributed by atoms with Gasteiger partial charge in [0, 0.05) is 24.2 Å². The lowest BCUT2D eigenvalue weighted by molar-refractivity contribution is 0.215. The molecule has 2 N–H and O–H groups in total. The van der Waals surface area contributed by atoms with Crippen molar-refractivity contribution >= 4 is 0 Å². The number of methoxy groups -OCH3 is 1. The van der Waals surface area contributed by atoms with Gasteiger partial charge in [0.05, 0.1) is 7.11 Å². The number of hydrogen-bond donors (Lipinski definition) is 1. The minimum Gasteiger partial charge on any atom is -0.496 e. The number of para-hydroxylation sites is 1.